The van der Waals surface area contributed by atoms with E-state index in [2.05, 4.69) is 43.4 Å². The summed E-state index contributed by atoms with van der Waals surface area (Å²) < 4.78 is 7.34. The van der Waals surface area contributed by atoms with Crippen LogP contribution < -0.4 is 9.64 Å². The Morgan fingerprint density at radius 2 is 2.21 bits per heavy atom. The van der Waals surface area contributed by atoms with E-state index in [0.29, 0.717) is 23.8 Å². The maximum atomic E-state index is 5.21. The minimum Gasteiger partial charge on any atom is -0.481 e. The van der Waals surface area contributed by atoms with Gasteiger partial charge in [0.05, 0.1) is 25.2 Å². The molecule has 2 atom stereocenters. The number of imidazole rings is 1. The molecule has 1 aliphatic heterocycles. The van der Waals surface area contributed by atoms with Gasteiger partial charge in [0.15, 0.2) is 0 Å². The average Bonchev–Trinajstić information content (AvgIpc) is 3.01. The first-order valence-electron chi connectivity index (χ1n) is 8.34. The smallest absolute Gasteiger partial charge is 0.228 e. The summed E-state index contributed by atoms with van der Waals surface area (Å²) in [7, 11) is 7.94. The van der Waals surface area contributed by atoms with Crippen molar-refractivity contribution < 1.29 is 4.74 Å². The van der Waals surface area contributed by atoms with Crippen LogP contribution in [0.4, 0.5) is 5.95 Å². The topological polar surface area (TPSA) is 59.3 Å². The normalized spacial score (nSPS) is 21.7. The zero-order valence-corrected chi connectivity index (χ0v) is 14.9. The van der Waals surface area contributed by atoms with Crippen LogP contribution in [0.15, 0.2) is 24.8 Å². The van der Waals surface area contributed by atoms with Gasteiger partial charge in [0.2, 0.25) is 11.8 Å². The summed E-state index contributed by atoms with van der Waals surface area (Å²) in [5.41, 5.74) is 1.27. The number of anilines is 1. The third kappa shape index (κ3) is 3.36. The van der Waals surface area contributed by atoms with E-state index < -0.39 is 0 Å². The minimum absolute atomic E-state index is 0.360. The summed E-state index contributed by atoms with van der Waals surface area (Å²) in [6.07, 6.45) is 8.01. The van der Waals surface area contributed by atoms with Crippen LogP contribution in [0.25, 0.3) is 0 Å². The number of hydrogen-bond donors (Lipinski definition) is 0. The van der Waals surface area contributed by atoms with E-state index in [1.54, 1.807) is 19.4 Å². The summed E-state index contributed by atoms with van der Waals surface area (Å²) in [5, 5.41) is 0. The van der Waals surface area contributed by atoms with Gasteiger partial charge in [0.25, 0.3) is 0 Å². The quantitative estimate of drug-likeness (QED) is 0.832. The number of hydrogen-bond acceptors (Lipinski definition) is 6. The average molecular weight is 330 g/mol. The van der Waals surface area contributed by atoms with Crippen molar-refractivity contribution in [1.29, 1.82) is 0 Å². The van der Waals surface area contributed by atoms with Gasteiger partial charge in [-0.15, -0.1) is 0 Å². The van der Waals surface area contributed by atoms with Crippen LogP contribution in [0, 0.1) is 5.92 Å². The molecule has 0 aliphatic carbocycles. The lowest BCUT2D eigenvalue weighted by atomic mass is 9.87. The Kier molecular flexibility index (Phi) is 4.99. The van der Waals surface area contributed by atoms with Gasteiger partial charge < -0.3 is 14.2 Å². The lowest BCUT2D eigenvalue weighted by Crippen LogP contribution is -2.42. The van der Waals surface area contributed by atoms with Crippen LogP contribution in [0.3, 0.4) is 0 Å². The Hall–Kier alpha value is -2.15. The first-order valence-corrected chi connectivity index (χ1v) is 8.34. The van der Waals surface area contributed by atoms with E-state index in [1.807, 2.05) is 19.6 Å². The predicted octanol–water partition coefficient (Wildman–Crippen LogP) is 1.74. The standard InChI is InChI=1S/C17H26N6O/c1-21-9-5-6-13(16(21)14-10-18-12-23(14)3)11-22(2)17-19-8-7-15(20-17)24-4/h7-8,10,12-13,16H,5-6,9,11H2,1-4H3/t13-,16+/m0/s1. The van der Waals surface area contributed by atoms with Crippen molar-refractivity contribution in [2.45, 2.75) is 18.9 Å². The molecule has 0 bridgehead atoms. The Labute approximate surface area is 143 Å². The number of piperidine rings is 1. The molecule has 1 saturated heterocycles. The molecule has 130 valence electrons. The van der Waals surface area contributed by atoms with Gasteiger partial charge in [0.1, 0.15) is 0 Å². The second kappa shape index (κ2) is 7.17. The van der Waals surface area contributed by atoms with Crippen LogP contribution in [0.5, 0.6) is 5.88 Å². The van der Waals surface area contributed by atoms with Gasteiger partial charge >= 0.3 is 0 Å². The molecule has 2 aromatic rings. The molecule has 7 heteroatoms. The molecule has 1 aliphatic rings. The highest BCUT2D eigenvalue weighted by atomic mass is 16.5. The fourth-order valence-corrected chi connectivity index (χ4v) is 3.63. The molecule has 0 amide bonds. The molecule has 0 N–H and O–H groups in total. The summed E-state index contributed by atoms with van der Waals surface area (Å²) in [5.74, 6) is 1.79. The number of methoxy groups -OCH3 is 1. The Bertz CT molecular complexity index is 673. The second-order valence-corrected chi connectivity index (χ2v) is 6.54. The van der Waals surface area contributed by atoms with E-state index in [0.717, 1.165) is 13.1 Å². The molecule has 1 fully saturated rings. The third-order valence-corrected chi connectivity index (χ3v) is 4.84. The largest absolute Gasteiger partial charge is 0.481 e. The molecule has 0 saturated carbocycles. The van der Waals surface area contributed by atoms with E-state index >= 15 is 0 Å². The SMILES string of the molecule is COc1ccnc(N(C)C[C@@H]2CCCN(C)[C@H]2c2cncn2C)n1. The molecule has 0 spiro atoms. The fourth-order valence-electron chi connectivity index (χ4n) is 3.63. The van der Waals surface area contributed by atoms with Crippen LogP contribution in [0.1, 0.15) is 24.6 Å². The fraction of sp³-hybridized carbons (Fsp3) is 0.588. The maximum absolute atomic E-state index is 5.21. The molecule has 0 unspecified atom stereocenters. The number of aryl methyl sites for hydroxylation is 1. The van der Waals surface area contributed by atoms with Gasteiger partial charge in [-0.3, -0.25) is 4.90 Å². The highest BCUT2D eigenvalue weighted by Gasteiger charge is 2.33. The van der Waals surface area contributed by atoms with Crippen molar-refractivity contribution >= 4 is 5.95 Å². The minimum atomic E-state index is 0.360. The van der Waals surface area contributed by atoms with Crippen LogP contribution in [-0.2, 0) is 7.05 Å². The van der Waals surface area contributed by atoms with Gasteiger partial charge in [-0.05, 0) is 32.4 Å². The van der Waals surface area contributed by atoms with Crippen molar-refractivity contribution in [3.05, 3.63) is 30.5 Å². The lowest BCUT2D eigenvalue weighted by molar-refractivity contribution is 0.118. The third-order valence-electron chi connectivity index (χ3n) is 4.84. The van der Waals surface area contributed by atoms with Crippen LogP contribution in [0.2, 0.25) is 0 Å². The van der Waals surface area contributed by atoms with E-state index in [4.69, 9.17) is 4.74 Å². The van der Waals surface area contributed by atoms with Gasteiger partial charge in [0, 0.05) is 39.1 Å². The van der Waals surface area contributed by atoms with Crippen molar-refractivity contribution in [3.8, 4) is 5.88 Å². The van der Waals surface area contributed by atoms with Crippen molar-refractivity contribution in [2.75, 3.05) is 39.2 Å². The lowest BCUT2D eigenvalue weighted by Gasteiger charge is -2.40. The summed E-state index contributed by atoms with van der Waals surface area (Å²) in [6, 6.07) is 2.13. The predicted molar refractivity (Wildman–Crippen MR) is 93.2 cm³/mol. The van der Waals surface area contributed by atoms with Gasteiger partial charge in [-0.25, -0.2) is 9.97 Å². The first kappa shape index (κ1) is 16.7. The van der Waals surface area contributed by atoms with Crippen molar-refractivity contribution in [2.24, 2.45) is 13.0 Å². The second-order valence-electron chi connectivity index (χ2n) is 6.54. The van der Waals surface area contributed by atoms with Gasteiger partial charge in [-0.1, -0.05) is 0 Å². The number of rotatable bonds is 5. The van der Waals surface area contributed by atoms with Crippen LogP contribution in [-0.4, -0.2) is 58.7 Å². The number of ether oxygens (including phenoxy) is 1. The molecule has 24 heavy (non-hydrogen) atoms. The zero-order valence-electron chi connectivity index (χ0n) is 14.9. The van der Waals surface area contributed by atoms with E-state index in [9.17, 15) is 0 Å². The zero-order chi connectivity index (χ0) is 17.1. The molecule has 3 heterocycles. The van der Waals surface area contributed by atoms with Crippen molar-refractivity contribution in [3.63, 3.8) is 0 Å². The highest BCUT2D eigenvalue weighted by Crippen LogP contribution is 2.35. The number of nitrogens with zero attached hydrogens (tertiary/aromatic N) is 6. The Morgan fingerprint density at radius 1 is 1.38 bits per heavy atom. The highest BCUT2D eigenvalue weighted by molar-refractivity contribution is 5.31. The van der Waals surface area contributed by atoms with Crippen molar-refractivity contribution in [1.82, 2.24) is 24.4 Å². The Balaban J connectivity index is 1.79. The van der Waals surface area contributed by atoms with Crippen LogP contribution >= 0.6 is 0 Å². The summed E-state index contributed by atoms with van der Waals surface area (Å²) >= 11 is 0. The summed E-state index contributed by atoms with van der Waals surface area (Å²) in [6.45, 7) is 2.01. The van der Waals surface area contributed by atoms with E-state index in [-0.39, 0.29) is 0 Å². The molecular weight excluding hydrogens is 304 g/mol. The molecular formula is C17H26N6O. The summed E-state index contributed by atoms with van der Waals surface area (Å²) in [4.78, 5) is 17.7. The molecule has 0 aromatic carbocycles. The number of likely N-dealkylation sites (tertiary alicyclic amines) is 1. The Morgan fingerprint density at radius 3 is 2.92 bits per heavy atom. The molecule has 2 aromatic heterocycles. The van der Waals surface area contributed by atoms with E-state index in [1.165, 1.54) is 18.5 Å². The molecule has 3 rings (SSSR count). The number of aromatic nitrogens is 4. The molecule has 0 radical (unpaired) electrons. The monoisotopic (exact) mass is 330 g/mol. The molecule has 7 nitrogen and oxygen atoms in total. The maximum Gasteiger partial charge on any atom is 0.228 e. The first-order chi connectivity index (χ1) is 11.6. The van der Waals surface area contributed by atoms with Gasteiger partial charge in [-0.2, -0.15) is 4.98 Å².